The molecule has 0 atom stereocenters. The fraction of sp³-hybridized carbons (Fsp3) is 0. The van der Waals surface area contributed by atoms with E-state index in [0.29, 0.717) is 0 Å². The molecular weight excluding hydrogens is 216 g/mol. The van der Waals surface area contributed by atoms with Gasteiger partial charge in [0.15, 0.2) is 0 Å². The van der Waals surface area contributed by atoms with Crippen molar-refractivity contribution in [3.63, 3.8) is 0 Å². The third-order valence-electron chi connectivity index (χ3n) is 0. The van der Waals surface area contributed by atoms with Crippen molar-refractivity contribution in [1.82, 2.24) is 0 Å². The molecule has 0 aliphatic rings. The van der Waals surface area contributed by atoms with Crippen LogP contribution in [-0.2, 0) is 38.1 Å². The Hall–Kier alpha value is 1.91. The summed E-state index contributed by atoms with van der Waals surface area (Å²) in [6.07, 6.45) is 0. The molecule has 0 heterocycles. The molecule has 0 aliphatic carbocycles. The number of hydrogen-bond donors (Lipinski definition) is 0. The minimum absolute atomic E-state index is 0. The Kier molecular flexibility index (Phi) is 201. The first-order valence-electron chi connectivity index (χ1n) is 0. The van der Waals surface area contributed by atoms with E-state index in [2.05, 4.69) is 0 Å². The minimum atomic E-state index is 0. The molecule has 0 nitrogen and oxygen atoms in total. The van der Waals surface area contributed by atoms with E-state index in [0.717, 1.165) is 0 Å². The van der Waals surface area contributed by atoms with Crippen LogP contribution in [0.3, 0.4) is 0 Å². The predicted molar refractivity (Wildman–Crippen MR) is 20.8 cm³/mol. The van der Waals surface area contributed by atoms with Crippen molar-refractivity contribution in [2.45, 2.75) is 0 Å². The Morgan fingerprint density at radius 1 is 0.750 bits per heavy atom. The second-order valence-corrected chi connectivity index (χ2v) is 0. The minimum Gasteiger partial charge on any atom is -0.197 e. The maximum absolute atomic E-state index is 0. The van der Waals surface area contributed by atoms with Crippen molar-refractivity contribution in [3.8, 4) is 0 Å². The van der Waals surface area contributed by atoms with Crippen molar-refractivity contribution in [3.05, 3.63) is 0 Å². The third kappa shape index (κ3) is 9.08. The zero-order chi connectivity index (χ0) is 0. The van der Waals surface area contributed by atoms with Gasteiger partial charge in [-0.2, -0.15) is 27.0 Å². The third-order valence-corrected chi connectivity index (χ3v) is 0. The van der Waals surface area contributed by atoms with Crippen LogP contribution in [0.1, 0.15) is 0 Å². The van der Waals surface area contributed by atoms with Crippen LogP contribution < -0.4 is 0 Å². The Morgan fingerprint density at radius 2 is 0.750 bits per heavy atom. The van der Waals surface area contributed by atoms with Crippen LogP contribution in [0.4, 0.5) is 0 Å². The first-order chi connectivity index (χ1) is 0. The van der Waals surface area contributed by atoms with Crippen molar-refractivity contribution in [2.75, 3.05) is 0 Å². The molecule has 4 heteroatoms. The van der Waals surface area contributed by atoms with E-state index in [1.807, 2.05) is 0 Å². The van der Waals surface area contributed by atoms with Gasteiger partial charge in [0.25, 0.3) is 0 Å². The van der Waals surface area contributed by atoms with E-state index in [-0.39, 0.29) is 65.1 Å². The number of hydrogen-bond acceptors (Lipinski definition) is 0. The molecule has 30 valence electrons. The molecule has 0 N–H and O–H groups in total. The molecule has 0 aromatic rings. The van der Waals surface area contributed by atoms with Crippen LogP contribution in [0.5, 0.6) is 0 Å². The second kappa shape index (κ2) is 20.6. The summed E-state index contributed by atoms with van der Waals surface area (Å²) in [5.41, 5.74) is 0. The molecule has 0 bridgehead atoms. The van der Waals surface area contributed by atoms with Crippen molar-refractivity contribution >= 4 is 27.0 Å². The summed E-state index contributed by atoms with van der Waals surface area (Å²) in [6.45, 7) is 0. The first kappa shape index (κ1) is 39.1. The van der Waals surface area contributed by atoms with E-state index >= 15 is 0 Å². The van der Waals surface area contributed by atoms with Crippen molar-refractivity contribution in [2.24, 2.45) is 0 Å². The van der Waals surface area contributed by atoms with Gasteiger partial charge >= 0.3 is 0 Å². The summed E-state index contributed by atoms with van der Waals surface area (Å²) in [7, 11) is 0. The summed E-state index contributed by atoms with van der Waals surface area (Å²) < 4.78 is 0. The smallest absolute Gasteiger partial charge is 0 e. The van der Waals surface area contributed by atoms with Gasteiger partial charge in [0, 0.05) is 38.1 Å². The van der Waals surface area contributed by atoms with Crippen LogP contribution in [-0.4, -0.2) is 0 Å². The standard InChI is InChI=1S/Fe.Mo.2H2S/h;;2*1H2. The fourth-order valence-corrected chi connectivity index (χ4v) is 0. The molecule has 4 heavy (non-hydrogen) atoms. The molecule has 0 rings (SSSR count). The molecule has 0 unspecified atom stereocenters. The summed E-state index contributed by atoms with van der Waals surface area (Å²) in [4.78, 5) is 0. The van der Waals surface area contributed by atoms with Crippen LogP contribution in [0.25, 0.3) is 0 Å². The zero-order valence-corrected chi connectivity index (χ0v) is 6.87. The molecule has 0 radical (unpaired) electrons. The average molecular weight is 220 g/mol. The second-order valence-electron chi connectivity index (χ2n) is 0. The summed E-state index contributed by atoms with van der Waals surface area (Å²) >= 11 is 0. The van der Waals surface area contributed by atoms with Gasteiger partial charge in [-0.05, 0) is 0 Å². The maximum Gasteiger partial charge on any atom is 0 e. The molecule has 0 aromatic heterocycles. The van der Waals surface area contributed by atoms with Crippen molar-refractivity contribution < 1.29 is 38.1 Å². The monoisotopic (exact) mass is 222 g/mol. The summed E-state index contributed by atoms with van der Waals surface area (Å²) in [5, 5.41) is 0. The van der Waals surface area contributed by atoms with E-state index in [9.17, 15) is 0 Å². The van der Waals surface area contributed by atoms with E-state index in [1.54, 1.807) is 0 Å². The van der Waals surface area contributed by atoms with Gasteiger partial charge in [-0.25, -0.2) is 0 Å². The quantitative estimate of drug-likeness (QED) is 0.512. The Balaban J connectivity index is 0. The zero-order valence-electron chi connectivity index (χ0n) is 1.76. The molecule has 0 aliphatic heterocycles. The van der Waals surface area contributed by atoms with Gasteiger partial charge in [0.1, 0.15) is 0 Å². The molecule has 0 fully saturated rings. The van der Waals surface area contributed by atoms with Gasteiger partial charge < -0.3 is 0 Å². The molecular formula is H4FeMoS2. The average Bonchev–Trinajstić information content (AvgIpc) is 0. The first-order valence-corrected chi connectivity index (χ1v) is 0. The summed E-state index contributed by atoms with van der Waals surface area (Å²) in [6, 6.07) is 0. The van der Waals surface area contributed by atoms with Gasteiger partial charge in [-0.15, -0.1) is 0 Å². The molecule has 0 saturated carbocycles. The van der Waals surface area contributed by atoms with Crippen LogP contribution in [0.15, 0.2) is 0 Å². The normalized spacial score (nSPS) is 0. The van der Waals surface area contributed by atoms with Gasteiger partial charge in [0.2, 0.25) is 0 Å². The fourth-order valence-electron chi connectivity index (χ4n) is 0. The van der Waals surface area contributed by atoms with E-state index in [4.69, 9.17) is 0 Å². The van der Waals surface area contributed by atoms with Crippen molar-refractivity contribution in [1.29, 1.82) is 0 Å². The summed E-state index contributed by atoms with van der Waals surface area (Å²) in [5.74, 6) is 0. The van der Waals surface area contributed by atoms with Crippen LogP contribution >= 0.6 is 27.0 Å². The van der Waals surface area contributed by atoms with Crippen LogP contribution in [0.2, 0.25) is 0 Å². The maximum atomic E-state index is 0. The Morgan fingerprint density at radius 3 is 0.750 bits per heavy atom. The number of rotatable bonds is 0. The van der Waals surface area contributed by atoms with Gasteiger partial charge in [0.05, 0.1) is 0 Å². The molecule has 0 aromatic carbocycles. The largest absolute Gasteiger partial charge is 0.197 e. The molecule has 0 spiro atoms. The van der Waals surface area contributed by atoms with E-state index in [1.165, 1.54) is 0 Å². The van der Waals surface area contributed by atoms with Crippen LogP contribution in [0, 0.1) is 0 Å². The Bertz CT molecular complexity index is 6.00. The SMILES string of the molecule is S.S.[Fe].[Mo]. The predicted octanol–water partition coefficient (Wildman–Crippen LogP) is 0.221. The Labute approximate surface area is 64.7 Å². The van der Waals surface area contributed by atoms with Gasteiger partial charge in [-0.3, -0.25) is 0 Å². The van der Waals surface area contributed by atoms with E-state index < -0.39 is 0 Å². The van der Waals surface area contributed by atoms with Gasteiger partial charge in [-0.1, -0.05) is 0 Å². The topological polar surface area (TPSA) is 0 Å². The molecule has 0 saturated heterocycles. The molecule has 0 amide bonds.